The average Bonchev–Trinajstić information content (AvgIpc) is 3.27. The first-order chi connectivity index (χ1) is 31.2. The van der Waals surface area contributed by atoms with Crippen LogP contribution in [0.3, 0.4) is 0 Å². The van der Waals surface area contributed by atoms with E-state index in [0.29, 0.717) is 26.2 Å². The lowest BCUT2D eigenvalue weighted by Crippen LogP contribution is -2.49. The summed E-state index contributed by atoms with van der Waals surface area (Å²) in [7, 11) is 4.40. The minimum Gasteiger partial charge on any atom is -0.462 e. The summed E-state index contributed by atoms with van der Waals surface area (Å²) in [4.78, 5) is 13.2. The van der Waals surface area contributed by atoms with Crippen LogP contribution in [0.4, 0.5) is 0 Å². The summed E-state index contributed by atoms with van der Waals surface area (Å²) >= 11 is 0. The Morgan fingerprint density at radius 1 is 0.438 bits per heavy atom. The maximum Gasteiger partial charge on any atom is 0.306 e. The Balaban J connectivity index is 4.52. The lowest BCUT2D eigenvalue weighted by atomic mass is 10.0. The van der Waals surface area contributed by atoms with E-state index in [1.165, 1.54) is 128 Å². The van der Waals surface area contributed by atoms with Crippen LogP contribution in [0, 0.1) is 0 Å². The topological polar surface area (TPSA) is 72.5 Å². The predicted molar refractivity (Wildman–Crippen MR) is 273 cm³/mol. The Bertz CT molecular complexity index is 1010. The van der Waals surface area contributed by atoms with E-state index in [1.807, 2.05) is 13.8 Å². The first-order valence-corrected chi connectivity index (χ1v) is 27.2. The third kappa shape index (κ3) is 44.3. The molecule has 8 nitrogen and oxygen atoms in total. The van der Waals surface area contributed by atoms with Gasteiger partial charge < -0.3 is 32.9 Å². The number of carbonyl (C=O) groups excluding carboxylic acids is 1. The van der Waals surface area contributed by atoms with Crippen LogP contribution >= 0.6 is 0 Å². The Morgan fingerprint density at radius 3 is 1.23 bits per heavy atom. The normalized spacial score (nSPS) is 14.3. The quantitative estimate of drug-likeness (QED) is 0.0198. The van der Waals surface area contributed by atoms with Crippen molar-refractivity contribution >= 4 is 5.97 Å². The van der Waals surface area contributed by atoms with E-state index in [1.54, 1.807) is 0 Å². The summed E-state index contributed by atoms with van der Waals surface area (Å²) in [6.07, 6.45) is 48.9. The molecule has 0 aliphatic carbocycles. The van der Waals surface area contributed by atoms with E-state index in [9.17, 15) is 4.79 Å². The Kier molecular flexibility index (Phi) is 46.8. The fourth-order valence-corrected chi connectivity index (χ4v) is 7.68. The van der Waals surface area contributed by atoms with Crippen molar-refractivity contribution in [3.63, 3.8) is 0 Å². The van der Waals surface area contributed by atoms with Crippen LogP contribution in [0.25, 0.3) is 0 Å². The molecule has 0 heterocycles. The monoisotopic (exact) mass is 907 g/mol. The number of carbonyl (C=O) groups is 1. The minimum atomic E-state index is -0.161. The molecule has 0 radical (unpaired) electrons. The second-order valence-electron chi connectivity index (χ2n) is 19.0. The number of hydrogen-bond acceptors (Lipinski definition) is 7. The number of quaternary nitrogens is 1. The molecule has 0 saturated heterocycles. The average molecular weight is 907 g/mol. The molecule has 0 aromatic rings. The molecule has 8 heteroatoms. The standard InChI is InChI=1S/C56H108NO7/c1-9-12-15-18-23-30-37-47-59-52(4)57(7,8)46-42-45-56(58)64-55(43-35-28-21-26-33-40-50-62-53(5)60-48-38-31-24-19-16-13-10-2)44-36-29-22-27-34-41-51-63-54(6)61-49-39-32-25-20-17-14-11-3/h30-32,37-39,52-55H,9-29,33-36,40-51H2,1-8H3/q+1. The molecular weight excluding hydrogens is 799 g/mol. The number of allylic oxidation sites excluding steroid dienone is 3. The Labute approximate surface area is 398 Å². The van der Waals surface area contributed by atoms with Gasteiger partial charge in [-0.3, -0.25) is 4.79 Å². The fourth-order valence-electron chi connectivity index (χ4n) is 7.68. The highest BCUT2D eigenvalue weighted by atomic mass is 16.7. The zero-order valence-electron chi connectivity index (χ0n) is 43.7. The number of rotatable bonds is 50. The van der Waals surface area contributed by atoms with Gasteiger partial charge in [-0.1, -0.05) is 166 Å². The maximum atomic E-state index is 13.2. The molecule has 0 aliphatic heterocycles. The summed E-state index contributed by atoms with van der Waals surface area (Å²) in [5.41, 5.74) is 0. The van der Waals surface area contributed by atoms with E-state index in [-0.39, 0.29) is 30.9 Å². The van der Waals surface area contributed by atoms with Crippen LogP contribution in [-0.2, 0) is 33.2 Å². The highest BCUT2D eigenvalue weighted by Crippen LogP contribution is 2.19. The summed E-state index contributed by atoms with van der Waals surface area (Å²) in [6.45, 7) is 17.1. The molecule has 0 aromatic heterocycles. The summed E-state index contributed by atoms with van der Waals surface area (Å²) in [6, 6.07) is 0. The van der Waals surface area contributed by atoms with Crippen LogP contribution in [0.15, 0.2) is 36.5 Å². The van der Waals surface area contributed by atoms with Gasteiger partial charge in [0.1, 0.15) is 6.10 Å². The van der Waals surface area contributed by atoms with Crippen molar-refractivity contribution in [2.75, 3.05) is 53.7 Å². The summed E-state index contributed by atoms with van der Waals surface area (Å²) < 4.78 is 36.4. The molecule has 0 aromatic carbocycles. The van der Waals surface area contributed by atoms with Gasteiger partial charge >= 0.3 is 5.97 Å². The van der Waals surface area contributed by atoms with Crippen LogP contribution in [-0.4, -0.2) is 89.0 Å². The largest absolute Gasteiger partial charge is 0.462 e. The highest BCUT2D eigenvalue weighted by Gasteiger charge is 2.25. The van der Waals surface area contributed by atoms with E-state index < -0.39 is 0 Å². The zero-order valence-corrected chi connectivity index (χ0v) is 43.7. The lowest BCUT2D eigenvalue weighted by Gasteiger charge is -2.35. The SMILES string of the molecule is CCCCCCC=CCOC(C)OCCCCCCCCC(CCCCCCCCOC(C)OCC=CCCCCCC)OC(=O)CCC[N+](C)(C)C(C)OCC=CCCCCCC. The molecule has 0 aliphatic rings. The van der Waals surface area contributed by atoms with Gasteiger partial charge in [0.25, 0.3) is 0 Å². The third-order valence-corrected chi connectivity index (χ3v) is 12.4. The van der Waals surface area contributed by atoms with Crippen molar-refractivity contribution in [3.05, 3.63) is 36.5 Å². The van der Waals surface area contributed by atoms with E-state index in [4.69, 9.17) is 28.4 Å². The first-order valence-electron chi connectivity index (χ1n) is 27.2. The smallest absolute Gasteiger partial charge is 0.306 e. The Morgan fingerprint density at radius 2 is 0.812 bits per heavy atom. The van der Waals surface area contributed by atoms with Crippen molar-refractivity contribution < 1.29 is 37.7 Å². The second kappa shape index (κ2) is 47.9. The summed E-state index contributed by atoms with van der Waals surface area (Å²) in [5.74, 6) is -0.0437. The van der Waals surface area contributed by atoms with Crippen molar-refractivity contribution in [2.45, 2.75) is 265 Å². The first kappa shape index (κ1) is 62.4. The van der Waals surface area contributed by atoms with Crippen molar-refractivity contribution in [1.29, 1.82) is 0 Å². The molecule has 378 valence electrons. The molecule has 0 fully saturated rings. The lowest BCUT2D eigenvalue weighted by molar-refractivity contribution is -0.935. The van der Waals surface area contributed by atoms with Gasteiger partial charge in [0, 0.05) is 26.6 Å². The highest BCUT2D eigenvalue weighted by molar-refractivity contribution is 5.69. The molecule has 0 amide bonds. The van der Waals surface area contributed by atoms with Gasteiger partial charge in [0.05, 0.1) is 46.9 Å². The van der Waals surface area contributed by atoms with Gasteiger partial charge in [-0.05, 0) is 90.9 Å². The Hall–Kier alpha value is -1.55. The van der Waals surface area contributed by atoms with E-state index in [2.05, 4.69) is 78.2 Å². The van der Waals surface area contributed by atoms with Crippen LogP contribution in [0.1, 0.15) is 241 Å². The van der Waals surface area contributed by atoms with Gasteiger partial charge in [-0.15, -0.1) is 0 Å². The maximum absolute atomic E-state index is 13.2. The van der Waals surface area contributed by atoms with Crippen LogP contribution < -0.4 is 0 Å². The molecule has 3 atom stereocenters. The number of unbranched alkanes of at least 4 members (excludes halogenated alkanes) is 22. The molecule has 0 rings (SSSR count). The number of hydrogen-bond donors (Lipinski definition) is 0. The molecular formula is C56H108NO7+. The van der Waals surface area contributed by atoms with Crippen LogP contribution in [0.2, 0.25) is 0 Å². The van der Waals surface area contributed by atoms with Crippen molar-refractivity contribution in [2.24, 2.45) is 0 Å². The molecule has 0 bridgehead atoms. The predicted octanol–water partition coefficient (Wildman–Crippen LogP) is 15.9. The van der Waals surface area contributed by atoms with E-state index >= 15 is 0 Å². The molecule has 0 saturated carbocycles. The minimum absolute atomic E-state index is 0.0163. The molecule has 0 N–H and O–H groups in total. The number of nitrogens with zero attached hydrogens (tertiary/aromatic N) is 1. The van der Waals surface area contributed by atoms with Gasteiger partial charge in [-0.25, -0.2) is 0 Å². The van der Waals surface area contributed by atoms with Crippen molar-refractivity contribution in [1.82, 2.24) is 0 Å². The number of esters is 1. The second-order valence-corrected chi connectivity index (χ2v) is 19.0. The third-order valence-electron chi connectivity index (χ3n) is 12.4. The molecule has 64 heavy (non-hydrogen) atoms. The number of ether oxygens (including phenoxy) is 6. The fraction of sp³-hybridized carbons (Fsp3) is 0.875. The zero-order chi connectivity index (χ0) is 47.0. The van der Waals surface area contributed by atoms with E-state index in [0.717, 1.165) is 88.4 Å². The van der Waals surface area contributed by atoms with Gasteiger partial charge in [-0.2, -0.15) is 0 Å². The molecule has 0 spiro atoms. The van der Waals surface area contributed by atoms with Gasteiger partial charge in [0.2, 0.25) is 0 Å². The van der Waals surface area contributed by atoms with Gasteiger partial charge in [0.15, 0.2) is 18.8 Å². The van der Waals surface area contributed by atoms with Crippen molar-refractivity contribution in [3.8, 4) is 0 Å². The van der Waals surface area contributed by atoms with Crippen LogP contribution in [0.5, 0.6) is 0 Å². The summed E-state index contributed by atoms with van der Waals surface area (Å²) in [5, 5.41) is 0. The molecule has 3 unspecified atom stereocenters.